The molecule has 1 rings (SSSR count). The maximum Gasteiger partial charge on any atom is 0.322 e. The second-order valence-corrected chi connectivity index (χ2v) is 6.84. The van der Waals surface area contributed by atoms with Gasteiger partial charge < -0.3 is 5.11 Å². The van der Waals surface area contributed by atoms with Crippen LogP contribution in [0.5, 0.6) is 0 Å². The number of aliphatic carboxylic acids is 1. The van der Waals surface area contributed by atoms with E-state index in [0.717, 1.165) is 12.1 Å². The van der Waals surface area contributed by atoms with Gasteiger partial charge in [0.2, 0.25) is 10.0 Å². The van der Waals surface area contributed by atoms with Crippen LogP contribution in [-0.4, -0.2) is 25.5 Å². The number of sulfonamides is 1. The highest BCUT2D eigenvalue weighted by Gasteiger charge is 2.31. The van der Waals surface area contributed by atoms with Crippen molar-refractivity contribution in [3.63, 3.8) is 0 Å². The zero-order valence-electron chi connectivity index (χ0n) is 12.5. The molecule has 0 aliphatic carbocycles. The lowest BCUT2D eigenvalue weighted by molar-refractivity contribution is -0.140. The molecule has 0 radical (unpaired) electrons. The molecule has 2 N–H and O–H groups in total. The zero-order chi connectivity index (χ0) is 16.4. The van der Waals surface area contributed by atoms with E-state index in [0.29, 0.717) is 6.42 Å². The van der Waals surface area contributed by atoms with Gasteiger partial charge in [0, 0.05) is 0 Å². The van der Waals surface area contributed by atoms with E-state index < -0.39 is 27.9 Å². The summed E-state index contributed by atoms with van der Waals surface area (Å²) in [5, 5.41) is 9.18. The number of carbonyl (C=O) groups is 1. The van der Waals surface area contributed by atoms with Gasteiger partial charge in [0.1, 0.15) is 11.9 Å². The topological polar surface area (TPSA) is 83.5 Å². The molecule has 0 aliphatic heterocycles. The molecule has 118 valence electrons. The lowest BCUT2D eigenvalue weighted by Crippen LogP contribution is -2.45. The summed E-state index contributed by atoms with van der Waals surface area (Å²) < 4.78 is 40.3. The van der Waals surface area contributed by atoms with Gasteiger partial charge in [-0.25, -0.2) is 12.8 Å². The highest BCUT2D eigenvalue weighted by atomic mass is 32.2. The third kappa shape index (κ3) is 4.01. The minimum Gasteiger partial charge on any atom is -0.480 e. The highest BCUT2D eigenvalue weighted by Crippen LogP contribution is 2.22. The monoisotopic (exact) mass is 317 g/mol. The molecule has 0 aromatic heterocycles. The molecule has 0 fully saturated rings. The van der Waals surface area contributed by atoms with Crippen LogP contribution < -0.4 is 4.72 Å². The van der Waals surface area contributed by atoms with Crippen LogP contribution in [0.2, 0.25) is 0 Å². The van der Waals surface area contributed by atoms with E-state index in [9.17, 15) is 22.7 Å². The molecule has 0 unspecified atom stereocenters. The van der Waals surface area contributed by atoms with Crippen LogP contribution in [0, 0.1) is 25.6 Å². The zero-order valence-corrected chi connectivity index (χ0v) is 13.3. The molecular formula is C14H20FNO4S. The quantitative estimate of drug-likeness (QED) is 0.842. The molecule has 21 heavy (non-hydrogen) atoms. The first-order chi connectivity index (χ1) is 9.60. The van der Waals surface area contributed by atoms with Gasteiger partial charge in [0.05, 0.1) is 4.90 Å². The number of aryl methyl sites for hydroxylation is 2. The first-order valence-corrected chi connectivity index (χ1v) is 8.10. The van der Waals surface area contributed by atoms with E-state index >= 15 is 0 Å². The summed E-state index contributed by atoms with van der Waals surface area (Å²) in [6.07, 6.45) is 0.515. The number of hydrogen-bond acceptors (Lipinski definition) is 3. The predicted octanol–water partition coefficient (Wildman–Crippen LogP) is 2.22. The fraction of sp³-hybridized carbons (Fsp3) is 0.500. The Bertz CT molecular complexity index is 619. The Hall–Kier alpha value is -1.47. The molecule has 1 aromatic carbocycles. The van der Waals surface area contributed by atoms with Gasteiger partial charge in [-0.2, -0.15) is 4.72 Å². The van der Waals surface area contributed by atoms with Crippen molar-refractivity contribution in [1.29, 1.82) is 0 Å². The van der Waals surface area contributed by atoms with E-state index in [4.69, 9.17) is 0 Å². The number of halogens is 1. The van der Waals surface area contributed by atoms with Crippen molar-refractivity contribution in [2.75, 3.05) is 0 Å². The second-order valence-electron chi connectivity index (χ2n) is 5.19. The van der Waals surface area contributed by atoms with Crippen LogP contribution in [0.3, 0.4) is 0 Å². The Morgan fingerprint density at radius 3 is 2.19 bits per heavy atom. The first kappa shape index (κ1) is 17.6. The minimum atomic E-state index is -4.04. The van der Waals surface area contributed by atoms with Crippen molar-refractivity contribution in [1.82, 2.24) is 4.72 Å². The van der Waals surface area contributed by atoms with E-state index in [2.05, 4.69) is 4.72 Å². The highest BCUT2D eigenvalue weighted by molar-refractivity contribution is 7.89. The van der Waals surface area contributed by atoms with Crippen molar-refractivity contribution in [2.45, 2.75) is 45.1 Å². The number of carboxylic acids is 1. The van der Waals surface area contributed by atoms with E-state index in [-0.39, 0.29) is 21.9 Å². The predicted molar refractivity (Wildman–Crippen MR) is 77.1 cm³/mol. The van der Waals surface area contributed by atoms with Gasteiger partial charge in [0.25, 0.3) is 0 Å². The van der Waals surface area contributed by atoms with Crippen molar-refractivity contribution < 1.29 is 22.7 Å². The Balaban J connectivity index is 3.26. The Labute approximate surface area is 124 Å². The van der Waals surface area contributed by atoms with Crippen LogP contribution in [0.1, 0.15) is 31.4 Å². The van der Waals surface area contributed by atoms with Crippen molar-refractivity contribution in [3.05, 3.63) is 29.1 Å². The number of nitrogens with one attached hydrogen (secondary N) is 1. The largest absolute Gasteiger partial charge is 0.480 e. The Morgan fingerprint density at radius 1 is 1.33 bits per heavy atom. The molecule has 0 saturated heterocycles. The summed E-state index contributed by atoms with van der Waals surface area (Å²) in [6.45, 7) is 6.39. The smallest absolute Gasteiger partial charge is 0.322 e. The lowest BCUT2D eigenvalue weighted by atomic mass is 10.0. The summed E-state index contributed by atoms with van der Waals surface area (Å²) >= 11 is 0. The van der Waals surface area contributed by atoms with E-state index in [1.165, 1.54) is 13.8 Å². The lowest BCUT2D eigenvalue weighted by Gasteiger charge is -2.21. The summed E-state index contributed by atoms with van der Waals surface area (Å²) in [6, 6.07) is 1.00. The molecule has 0 saturated carbocycles. The number of hydrogen-bond donors (Lipinski definition) is 2. The fourth-order valence-corrected chi connectivity index (χ4v) is 3.94. The molecule has 2 atom stereocenters. The SMILES string of the molecule is CC[C@H](C)[C@H](NS(=O)(=O)c1c(C)cc(F)cc1C)C(=O)O. The van der Waals surface area contributed by atoms with Crippen molar-refractivity contribution in [2.24, 2.45) is 5.92 Å². The van der Waals surface area contributed by atoms with Crippen LogP contribution in [-0.2, 0) is 14.8 Å². The summed E-state index contributed by atoms with van der Waals surface area (Å²) in [4.78, 5) is 11.2. The number of benzene rings is 1. The first-order valence-electron chi connectivity index (χ1n) is 6.62. The van der Waals surface area contributed by atoms with Gasteiger partial charge in [-0.1, -0.05) is 20.3 Å². The molecular weight excluding hydrogens is 297 g/mol. The Kier molecular flexibility index (Phi) is 5.47. The molecule has 7 heteroatoms. The van der Waals surface area contributed by atoms with Gasteiger partial charge in [-0.3, -0.25) is 4.79 Å². The number of carboxylic acid groups (broad SMARTS) is 1. The molecule has 0 bridgehead atoms. The van der Waals surface area contributed by atoms with Gasteiger partial charge in [-0.05, 0) is 43.0 Å². The van der Waals surface area contributed by atoms with Crippen LogP contribution in [0.4, 0.5) is 4.39 Å². The maximum absolute atomic E-state index is 13.3. The van der Waals surface area contributed by atoms with E-state index in [1.807, 2.05) is 0 Å². The Morgan fingerprint density at radius 2 is 1.81 bits per heavy atom. The van der Waals surface area contributed by atoms with Gasteiger partial charge in [-0.15, -0.1) is 0 Å². The molecule has 0 heterocycles. The number of rotatable bonds is 6. The third-order valence-corrected chi connectivity index (χ3v) is 5.20. The normalized spacial score (nSPS) is 14.7. The average molecular weight is 317 g/mol. The average Bonchev–Trinajstić information content (AvgIpc) is 2.33. The van der Waals surface area contributed by atoms with E-state index in [1.54, 1.807) is 13.8 Å². The fourth-order valence-electron chi connectivity index (χ4n) is 2.19. The molecule has 0 spiro atoms. The van der Waals surface area contributed by atoms with Gasteiger partial charge in [0.15, 0.2) is 0 Å². The minimum absolute atomic E-state index is 0.0709. The maximum atomic E-state index is 13.3. The third-order valence-electron chi connectivity index (χ3n) is 3.45. The molecule has 5 nitrogen and oxygen atoms in total. The second kappa shape index (κ2) is 6.53. The van der Waals surface area contributed by atoms with Crippen LogP contribution in [0.15, 0.2) is 17.0 Å². The van der Waals surface area contributed by atoms with Gasteiger partial charge >= 0.3 is 5.97 Å². The van der Waals surface area contributed by atoms with Crippen LogP contribution >= 0.6 is 0 Å². The standard InChI is InChI=1S/C14H20FNO4S/c1-5-8(2)12(14(17)18)16-21(19,20)13-9(3)6-11(15)7-10(13)4/h6-8,12,16H,5H2,1-4H3,(H,17,18)/t8-,12-/m0/s1. The van der Waals surface area contributed by atoms with Crippen LogP contribution in [0.25, 0.3) is 0 Å². The molecule has 0 aliphatic rings. The molecule has 1 aromatic rings. The summed E-state index contributed by atoms with van der Waals surface area (Å²) in [7, 11) is -4.04. The summed E-state index contributed by atoms with van der Waals surface area (Å²) in [5.41, 5.74) is 0.488. The molecule has 0 amide bonds. The van der Waals surface area contributed by atoms with Crippen molar-refractivity contribution >= 4 is 16.0 Å². The summed E-state index contributed by atoms with van der Waals surface area (Å²) in [5.74, 6) is -2.12. The van der Waals surface area contributed by atoms with Crippen molar-refractivity contribution in [3.8, 4) is 0 Å².